The van der Waals surface area contributed by atoms with Crippen LogP contribution in [0.25, 0.3) is 0 Å². The van der Waals surface area contributed by atoms with Gasteiger partial charge in [0.15, 0.2) is 0 Å². The predicted molar refractivity (Wildman–Crippen MR) is 92.2 cm³/mol. The summed E-state index contributed by atoms with van der Waals surface area (Å²) in [7, 11) is 0. The SMILES string of the molecule is N#CCCN(CCC#N)C(=O)CN1CCCC1C(=O)NCc1ccco1. The van der Waals surface area contributed by atoms with E-state index in [2.05, 4.69) is 5.32 Å². The minimum Gasteiger partial charge on any atom is -0.467 e. The molecule has 0 radical (unpaired) electrons. The fourth-order valence-electron chi connectivity index (χ4n) is 3.02. The molecule has 2 amide bonds. The Bertz CT molecular complexity index is 656. The van der Waals surface area contributed by atoms with Crippen LogP contribution in [0.2, 0.25) is 0 Å². The van der Waals surface area contributed by atoms with E-state index in [-0.39, 0.29) is 37.2 Å². The number of carbonyl (C=O) groups is 2. The molecule has 0 aromatic carbocycles. The Morgan fingerprint density at radius 1 is 1.31 bits per heavy atom. The summed E-state index contributed by atoms with van der Waals surface area (Å²) < 4.78 is 5.20. The van der Waals surface area contributed by atoms with E-state index >= 15 is 0 Å². The average Bonchev–Trinajstić information content (AvgIpc) is 3.31. The van der Waals surface area contributed by atoms with Crippen molar-refractivity contribution < 1.29 is 14.0 Å². The van der Waals surface area contributed by atoms with Crippen LogP contribution < -0.4 is 5.32 Å². The molecule has 0 spiro atoms. The number of nitrogens with one attached hydrogen (secondary N) is 1. The number of furan rings is 1. The van der Waals surface area contributed by atoms with Gasteiger partial charge >= 0.3 is 0 Å². The number of amides is 2. The topological polar surface area (TPSA) is 113 Å². The van der Waals surface area contributed by atoms with Crippen molar-refractivity contribution in [2.75, 3.05) is 26.2 Å². The molecule has 1 aromatic rings. The van der Waals surface area contributed by atoms with Crippen LogP contribution in [-0.2, 0) is 16.1 Å². The molecule has 0 aliphatic carbocycles. The molecule has 1 fully saturated rings. The highest BCUT2D eigenvalue weighted by atomic mass is 16.3. The lowest BCUT2D eigenvalue weighted by molar-refractivity contribution is -0.134. The van der Waals surface area contributed by atoms with E-state index in [1.165, 1.54) is 4.90 Å². The molecule has 1 aliphatic heterocycles. The van der Waals surface area contributed by atoms with Crippen molar-refractivity contribution in [1.82, 2.24) is 15.1 Å². The highest BCUT2D eigenvalue weighted by molar-refractivity contribution is 5.84. The molecule has 8 nitrogen and oxygen atoms in total. The monoisotopic (exact) mass is 357 g/mol. The Labute approximate surface area is 153 Å². The Morgan fingerprint density at radius 2 is 2.04 bits per heavy atom. The summed E-state index contributed by atoms with van der Waals surface area (Å²) in [5.41, 5.74) is 0. The van der Waals surface area contributed by atoms with Crippen LogP contribution in [0.3, 0.4) is 0 Å². The summed E-state index contributed by atoms with van der Waals surface area (Å²) in [4.78, 5) is 28.4. The van der Waals surface area contributed by atoms with E-state index in [1.54, 1.807) is 18.4 Å². The lowest BCUT2D eigenvalue weighted by Crippen LogP contribution is -2.48. The molecule has 138 valence electrons. The maximum absolute atomic E-state index is 12.5. The van der Waals surface area contributed by atoms with Crippen LogP contribution in [0.5, 0.6) is 0 Å². The smallest absolute Gasteiger partial charge is 0.237 e. The number of likely N-dealkylation sites (tertiary alicyclic amines) is 1. The van der Waals surface area contributed by atoms with Gasteiger partial charge in [0.1, 0.15) is 5.76 Å². The second-order valence-corrected chi connectivity index (χ2v) is 6.12. The van der Waals surface area contributed by atoms with Crippen molar-refractivity contribution in [2.24, 2.45) is 0 Å². The third-order valence-corrected chi connectivity index (χ3v) is 4.36. The van der Waals surface area contributed by atoms with Crippen LogP contribution >= 0.6 is 0 Å². The van der Waals surface area contributed by atoms with Gasteiger partial charge in [-0.1, -0.05) is 0 Å². The average molecular weight is 357 g/mol. The summed E-state index contributed by atoms with van der Waals surface area (Å²) in [5.74, 6) is 0.409. The van der Waals surface area contributed by atoms with Crippen molar-refractivity contribution in [3.05, 3.63) is 24.2 Å². The van der Waals surface area contributed by atoms with Gasteiger partial charge in [-0.05, 0) is 31.5 Å². The van der Waals surface area contributed by atoms with Gasteiger partial charge in [-0.3, -0.25) is 14.5 Å². The predicted octanol–water partition coefficient (Wildman–Crippen LogP) is 1.02. The van der Waals surface area contributed by atoms with Crippen molar-refractivity contribution in [3.63, 3.8) is 0 Å². The zero-order valence-corrected chi connectivity index (χ0v) is 14.7. The molecule has 1 unspecified atom stereocenters. The summed E-state index contributed by atoms with van der Waals surface area (Å²) in [6.45, 7) is 1.73. The number of carbonyl (C=O) groups excluding carboxylic acids is 2. The van der Waals surface area contributed by atoms with Crippen molar-refractivity contribution >= 4 is 11.8 Å². The minimum atomic E-state index is -0.345. The Kier molecular flexibility index (Phi) is 7.66. The molecule has 8 heteroatoms. The van der Waals surface area contributed by atoms with Gasteiger partial charge in [0.25, 0.3) is 0 Å². The summed E-state index contributed by atoms with van der Waals surface area (Å²) in [6.07, 6.45) is 3.56. The third kappa shape index (κ3) is 5.61. The number of nitriles is 2. The lowest BCUT2D eigenvalue weighted by atomic mass is 10.2. The van der Waals surface area contributed by atoms with Crippen LogP contribution in [0.15, 0.2) is 22.8 Å². The maximum atomic E-state index is 12.5. The lowest BCUT2D eigenvalue weighted by Gasteiger charge is -2.27. The largest absolute Gasteiger partial charge is 0.467 e. The molecular weight excluding hydrogens is 334 g/mol. The Morgan fingerprint density at radius 3 is 2.65 bits per heavy atom. The molecule has 1 saturated heterocycles. The van der Waals surface area contributed by atoms with Gasteiger partial charge in [0.05, 0.1) is 50.4 Å². The number of nitrogens with zero attached hydrogens (tertiary/aromatic N) is 4. The van der Waals surface area contributed by atoms with Crippen molar-refractivity contribution in [3.8, 4) is 12.1 Å². The van der Waals surface area contributed by atoms with E-state index in [9.17, 15) is 9.59 Å². The first-order chi connectivity index (χ1) is 12.7. The maximum Gasteiger partial charge on any atom is 0.237 e. The van der Waals surface area contributed by atoms with E-state index < -0.39 is 0 Å². The van der Waals surface area contributed by atoms with Crippen molar-refractivity contribution in [2.45, 2.75) is 38.3 Å². The first-order valence-corrected chi connectivity index (χ1v) is 8.71. The molecule has 2 heterocycles. The summed E-state index contributed by atoms with van der Waals surface area (Å²) >= 11 is 0. The molecule has 0 saturated carbocycles. The summed E-state index contributed by atoms with van der Waals surface area (Å²) in [5, 5.41) is 20.3. The second-order valence-electron chi connectivity index (χ2n) is 6.12. The van der Waals surface area contributed by atoms with Gasteiger partial charge in [0.2, 0.25) is 11.8 Å². The highest BCUT2D eigenvalue weighted by Gasteiger charge is 2.32. The molecule has 1 atom stereocenters. The zero-order chi connectivity index (χ0) is 18.8. The van der Waals surface area contributed by atoms with E-state index in [0.717, 1.165) is 6.42 Å². The van der Waals surface area contributed by atoms with E-state index in [1.807, 2.05) is 17.0 Å². The third-order valence-electron chi connectivity index (χ3n) is 4.36. The highest BCUT2D eigenvalue weighted by Crippen LogP contribution is 2.18. The standard InChI is InChI=1S/C18H23N5O3/c19-7-3-10-22(11-4-8-20)17(24)14-23-9-1-6-16(23)18(25)21-13-15-5-2-12-26-15/h2,5,12,16H,1,3-4,6,9-11,13-14H2,(H,21,25). The summed E-state index contributed by atoms with van der Waals surface area (Å²) in [6, 6.07) is 7.24. The van der Waals surface area contributed by atoms with Crippen LogP contribution in [0.4, 0.5) is 0 Å². The van der Waals surface area contributed by atoms with Crippen molar-refractivity contribution in [1.29, 1.82) is 10.5 Å². The van der Waals surface area contributed by atoms with Gasteiger partial charge in [-0.2, -0.15) is 10.5 Å². The quantitative estimate of drug-likeness (QED) is 0.706. The molecule has 0 bridgehead atoms. The minimum absolute atomic E-state index is 0.118. The fourth-order valence-corrected chi connectivity index (χ4v) is 3.02. The molecule has 1 N–H and O–H groups in total. The number of rotatable bonds is 9. The van der Waals surface area contributed by atoms with E-state index in [4.69, 9.17) is 14.9 Å². The van der Waals surface area contributed by atoms with Crippen LogP contribution in [0, 0.1) is 22.7 Å². The van der Waals surface area contributed by atoms with Gasteiger partial charge in [0, 0.05) is 13.1 Å². The van der Waals surface area contributed by atoms with E-state index in [0.29, 0.717) is 38.4 Å². The van der Waals surface area contributed by atoms with Crippen LogP contribution in [0.1, 0.15) is 31.4 Å². The molecule has 1 aliphatic rings. The zero-order valence-electron chi connectivity index (χ0n) is 14.7. The first kappa shape index (κ1) is 19.5. The fraction of sp³-hybridized carbons (Fsp3) is 0.556. The molecular formula is C18H23N5O3. The van der Waals surface area contributed by atoms with Gasteiger partial charge in [-0.15, -0.1) is 0 Å². The number of hydrogen-bond donors (Lipinski definition) is 1. The van der Waals surface area contributed by atoms with Gasteiger partial charge in [-0.25, -0.2) is 0 Å². The van der Waals surface area contributed by atoms with Gasteiger partial charge < -0.3 is 14.6 Å². The normalized spacial score (nSPS) is 16.6. The Hall–Kier alpha value is -2.84. The molecule has 1 aromatic heterocycles. The molecule has 26 heavy (non-hydrogen) atoms. The second kappa shape index (κ2) is 10.2. The molecule has 2 rings (SSSR count). The van der Waals surface area contributed by atoms with Crippen LogP contribution in [-0.4, -0.2) is 53.8 Å². The Balaban J connectivity index is 1.89. The number of hydrogen-bond acceptors (Lipinski definition) is 6. The first-order valence-electron chi connectivity index (χ1n) is 8.71.